The fourth-order valence-electron chi connectivity index (χ4n) is 3.17. The lowest BCUT2D eigenvalue weighted by atomic mass is 10.0. The van der Waals surface area contributed by atoms with Gasteiger partial charge in [0.05, 0.1) is 11.6 Å². The van der Waals surface area contributed by atoms with Crippen molar-refractivity contribution in [2.75, 3.05) is 6.61 Å². The van der Waals surface area contributed by atoms with Gasteiger partial charge in [-0.05, 0) is 45.7 Å². The van der Waals surface area contributed by atoms with Crippen LogP contribution in [-0.4, -0.2) is 22.2 Å². The third-order valence-electron chi connectivity index (χ3n) is 4.17. The third kappa shape index (κ3) is 3.82. The van der Waals surface area contributed by atoms with Gasteiger partial charge in [-0.3, -0.25) is 4.79 Å². The summed E-state index contributed by atoms with van der Waals surface area (Å²) in [7, 11) is 0. The predicted octanol–water partition coefficient (Wildman–Crippen LogP) is 3.54. The summed E-state index contributed by atoms with van der Waals surface area (Å²) >= 11 is 0. The van der Waals surface area contributed by atoms with E-state index < -0.39 is 0 Å². The van der Waals surface area contributed by atoms with Crippen molar-refractivity contribution in [3.05, 3.63) is 58.9 Å². The van der Waals surface area contributed by atoms with Gasteiger partial charge >= 0.3 is 0 Å². The van der Waals surface area contributed by atoms with Crippen molar-refractivity contribution in [3.8, 4) is 0 Å². The van der Waals surface area contributed by atoms with Gasteiger partial charge in [-0.15, -0.1) is 0 Å². The molecule has 0 aliphatic heterocycles. The molecular formula is C19H26N2O2. The first-order chi connectivity index (χ1) is 11.0. The molecule has 1 amide bonds. The van der Waals surface area contributed by atoms with Crippen LogP contribution >= 0.6 is 0 Å². The Balaban J connectivity index is 2.25. The number of carbonyl (C=O) groups is 1. The Kier molecular flexibility index (Phi) is 5.61. The number of hydrogen-bond donors (Lipinski definition) is 2. The number of benzene rings is 1. The standard InChI is InChI=1S/C19H26N2O2/c1-13(2)21-14(3)12-17(15(21)4)19(23)20-18(10-11-22)16-8-6-5-7-9-16/h5-9,12-13,18,22H,10-11H2,1-4H3,(H,20,23). The maximum Gasteiger partial charge on any atom is 0.253 e. The second kappa shape index (κ2) is 7.47. The van der Waals surface area contributed by atoms with Crippen molar-refractivity contribution in [1.82, 2.24) is 9.88 Å². The van der Waals surface area contributed by atoms with Crippen LogP contribution in [0.2, 0.25) is 0 Å². The molecule has 23 heavy (non-hydrogen) atoms. The van der Waals surface area contributed by atoms with E-state index in [4.69, 9.17) is 0 Å². The first-order valence-corrected chi connectivity index (χ1v) is 8.10. The Hall–Kier alpha value is -2.07. The van der Waals surface area contributed by atoms with Crippen molar-refractivity contribution in [1.29, 1.82) is 0 Å². The minimum Gasteiger partial charge on any atom is -0.396 e. The smallest absolute Gasteiger partial charge is 0.253 e. The summed E-state index contributed by atoms with van der Waals surface area (Å²) < 4.78 is 2.17. The molecule has 0 bridgehead atoms. The van der Waals surface area contributed by atoms with E-state index in [1.165, 1.54) is 0 Å². The maximum absolute atomic E-state index is 12.7. The van der Waals surface area contributed by atoms with Gasteiger partial charge in [0.25, 0.3) is 5.91 Å². The highest BCUT2D eigenvalue weighted by atomic mass is 16.3. The zero-order valence-corrected chi connectivity index (χ0v) is 14.3. The van der Waals surface area contributed by atoms with E-state index in [9.17, 15) is 9.90 Å². The van der Waals surface area contributed by atoms with Crippen molar-refractivity contribution >= 4 is 5.91 Å². The number of amides is 1. The second-order valence-electron chi connectivity index (χ2n) is 6.20. The number of nitrogens with zero attached hydrogens (tertiary/aromatic N) is 1. The molecule has 2 rings (SSSR count). The number of aliphatic hydroxyl groups is 1. The highest BCUT2D eigenvalue weighted by Crippen LogP contribution is 2.22. The number of hydrogen-bond acceptors (Lipinski definition) is 2. The van der Waals surface area contributed by atoms with Crippen LogP contribution in [0.25, 0.3) is 0 Å². The van der Waals surface area contributed by atoms with Crippen LogP contribution in [0.1, 0.15) is 59.7 Å². The van der Waals surface area contributed by atoms with Gasteiger partial charge in [0, 0.05) is 24.0 Å². The van der Waals surface area contributed by atoms with E-state index in [1.807, 2.05) is 50.2 Å². The number of carbonyl (C=O) groups excluding carboxylic acids is 1. The molecule has 1 atom stereocenters. The van der Waals surface area contributed by atoms with E-state index in [0.717, 1.165) is 17.0 Å². The minimum absolute atomic E-state index is 0.0326. The van der Waals surface area contributed by atoms with Crippen LogP contribution in [0.15, 0.2) is 36.4 Å². The topological polar surface area (TPSA) is 54.3 Å². The molecule has 0 saturated carbocycles. The molecule has 1 aromatic carbocycles. The first-order valence-electron chi connectivity index (χ1n) is 8.10. The quantitative estimate of drug-likeness (QED) is 0.857. The Morgan fingerprint density at radius 2 is 1.87 bits per heavy atom. The zero-order chi connectivity index (χ0) is 17.0. The Bertz CT molecular complexity index is 660. The van der Waals surface area contributed by atoms with Gasteiger partial charge in [-0.2, -0.15) is 0 Å². The number of nitrogens with one attached hydrogen (secondary N) is 1. The summed E-state index contributed by atoms with van der Waals surface area (Å²) in [4.78, 5) is 12.7. The van der Waals surface area contributed by atoms with E-state index in [2.05, 4.69) is 23.7 Å². The fourth-order valence-corrected chi connectivity index (χ4v) is 3.17. The van der Waals surface area contributed by atoms with Gasteiger partial charge in [-0.25, -0.2) is 0 Å². The Morgan fingerprint density at radius 3 is 2.39 bits per heavy atom. The number of aliphatic hydroxyl groups excluding tert-OH is 1. The van der Waals surface area contributed by atoms with Gasteiger partial charge in [0.2, 0.25) is 0 Å². The van der Waals surface area contributed by atoms with Gasteiger partial charge in [0.1, 0.15) is 0 Å². The number of aryl methyl sites for hydroxylation is 1. The molecule has 4 heteroatoms. The summed E-state index contributed by atoms with van der Waals surface area (Å²) in [5, 5.41) is 12.4. The SMILES string of the molecule is Cc1cc(C(=O)NC(CCO)c2ccccc2)c(C)n1C(C)C. The van der Waals surface area contributed by atoms with Crippen molar-refractivity contribution in [3.63, 3.8) is 0 Å². The van der Waals surface area contributed by atoms with Crippen LogP contribution in [0, 0.1) is 13.8 Å². The largest absolute Gasteiger partial charge is 0.396 e. The normalized spacial score (nSPS) is 12.4. The lowest BCUT2D eigenvalue weighted by Gasteiger charge is -2.19. The zero-order valence-electron chi connectivity index (χ0n) is 14.3. The molecule has 1 unspecified atom stereocenters. The van der Waals surface area contributed by atoms with Gasteiger partial charge < -0.3 is 15.0 Å². The first kappa shape index (κ1) is 17.3. The minimum atomic E-state index is -0.184. The third-order valence-corrected chi connectivity index (χ3v) is 4.17. The summed E-state index contributed by atoms with van der Waals surface area (Å²) in [6.07, 6.45) is 0.499. The predicted molar refractivity (Wildman–Crippen MR) is 92.6 cm³/mol. The van der Waals surface area contributed by atoms with Crippen LogP contribution in [0.5, 0.6) is 0 Å². The molecule has 0 aliphatic carbocycles. The second-order valence-corrected chi connectivity index (χ2v) is 6.20. The van der Waals surface area contributed by atoms with E-state index in [1.54, 1.807) is 0 Å². The molecule has 0 radical (unpaired) electrons. The molecule has 0 spiro atoms. The van der Waals surface area contributed by atoms with Gasteiger partial charge in [-0.1, -0.05) is 30.3 Å². The van der Waals surface area contributed by atoms with Gasteiger partial charge in [0.15, 0.2) is 0 Å². The van der Waals surface area contributed by atoms with E-state index in [0.29, 0.717) is 18.0 Å². The molecule has 2 aromatic rings. The highest BCUT2D eigenvalue weighted by molar-refractivity contribution is 5.96. The molecule has 4 nitrogen and oxygen atoms in total. The molecule has 124 valence electrons. The molecule has 0 saturated heterocycles. The number of aromatic nitrogens is 1. The lowest BCUT2D eigenvalue weighted by Crippen LogP contribution is -2.29. The molecule has 2 N–H and O–H groups in total. The Morgan fingerprint density at radius 1 is 1.22 bits per heavy atom. The van der Waals surface area contributed by atoms with Crippen LogP contribution in [0.3, 0.4) is 0 Å². The molecule has 0 aliphatic rings. The summed E-state index contributed by atoms with van der Waals surface area (Å²) in [6, 6.07) is 11.8. The summed E-state index contributed by atoms with van der Waals surface area (Å²) in [5.41, 5.74) is 3.77. The van der Waals surface area contributed by atoms with Crippen molar-refractivity contribution < 1.29 is 9.90 Å². The molecular weight excluding hydrogens is 288 g/mol. The number of rotatable bonds is 6. The van der Waals surface area contributed by atoms with E-state index >= 15 is 0 Å². The van der Waals surface area contributed by atoms with E-state index in [-0.39, 0.29) is 18.6 Å². The lowest BCUT2D eigenvalue weighted by molar-refractivity contribution is 0.0929. The summed E-state index contributed by atoms with van der Waals surface area (Å²) in [5.74, 6) is -0.0905. The van der Waals surface area contributed by atoms with Crippen LogP contribution in [-0.2, 0) is 0 Å². The highest BCUT2D eigenvalue weighted by Gasteiger charge is 2.20. The van der Waals surface area contributed by atoms with Crippen molar-refractivity contribution in [2.45, 2.75) is 46.2 Å². The van der Waals surface area contributed by atoms with Crippen molar-refractivity contribution in [2.24, 2.45) is 0 Å². The molecule has 1 heterocycles. The molecule has 1 aromatic heterocycles. The maximum atomic E-state index is 12.7. The van der Waals surface area contributed by atoms with Crippen LogP contribution < -0.4 is 5.32 Å². The average molecular weight is 314 g/mol. The Labute approximate surface area is 138 Å². The molecule has 0 fully saturated rings. The monoisotopic (exact) mass is 314 g/mol. The average Bonchev–Trinajstić information content (AvgIpc) is 2.82. The summed E-state index contributed by atoms with van der Waals surface area (Å²) in [6.45, 7) is 8.25. The van der Waals surface area contributed by atoms with Crippen LogP contribution in [0.4, 0.5) is 0 Å². The fraction of sp³-hybridized carbons (Fsp3) is 0.421.